The maximum atomic E-state index is 11.2. The van der Waals surface area contributed by atoms with Crippen LogP contribution in [0.15, 0.2) is 6.07 Å². The Labute approximate surface area is 120 Å². The van der Waals surface area contributed by atoms with Crippen LogP contribution >= 0.6 is 11.3 Å². The Balaban J connectivity index is 2.42. The molecule has 0 amide bonds. The predicted molar refractivity (Wildman–Crippen MR) is 73.8 cm³/mol. The molecular formula is C12H17NO6S. The Hall–Kier alpha value is -1.51. The molecule has 0 radical (unpaired) electrons. The van der Waals surface area contributed by atoms with Gasteiger partial charge in [-0.1, -0.05) is 11.3 Å². The summed E-state index contributed by atoms with van der Waals surface area (Å²) in [6.07, 6.45) is 0.605. The third-order valence-corrected chi connectivity index (χ3v) is 3.46. The number of Topliss-reactive ketones (excluding diaryl/α,β-unsaturated/α-hetero) is 1. The van der Waals surface area contributed by atoms with Crippen molar-refractivity contribution in [3.63, 3.8) is 0 Å². The fourth-order valence-electron chi connectivity index (χ4n) is 1.34. The van der Waals surface area contributed by atoms with Gasteiger partial charge in [0.1, 0.15) is 0 Å². The Morgan fingerprint density at radius 2 is 2.10 bits per heavy atom. The molecule has 0 saturated carbocycles. The van der Waals surface area contributed by atoms with Gasteiger partial charge in [-0.2, -0.15) is 0 Å². The fourth-order valence-corrected chi connectivity index (χ4v) is 2.23. The Morgan fingerprint density at radius 3 is 2.70 bits per heavy atom. The van der Waals surface area contributed by atoms with E-state index in [0.717, 1.165) is 11.3 Å². The number of nitrogens with zero attached hydrogens (tertiary/aromatic N) is 1. The maximum absolute atomic E-state index is 11.2. The van der Waals surface area contributed by atoms with Crippen LogP contribution in [0.4, 0.5) is 5.69 Å². The van der Waals surface area contributed by atoms with Gasteiger partial charge in [0.15, 0.2) is 5.78 Å². The first kappa shape index (κ1) is 16.5. The van der Waals surface area contributed by atoms with Crippen LogP contribution in [0.2, 0.25) is 0 Å². The molecule has 1 rings (SSSR count). The van der Waals surface area contributed by atoms with E-state index in [9.17, 15) is 14.9 Å². The van der Waals surface area contributed by atoms with E-state index in [1.165, 1.54) is 13.0 Å². The van der Waals surface area contributed by atoms with Crippen molar-refractivity contribution in [2.75, 3.05) is 33.5 Å². The van der Waals surface area contributed by atoms with Gasteiger partial charge in [-0.3, -0.25) is 14.9 Å². The summed E-state index contributed by atoms with van der Waals surface area (Å²) in [5, 5.41) is 11.0. The molecule has 0 bridgehead atoms. The lowest BCUT2D eigenvalue weighted by molar-refractivity contribution is -0.385. The zero-order valence-electron chi connectivity index (χ0n) is 11.4. The number of ketones is 1. The summed E-state index contributed by atoms with van der Waals surface area (Å²) in [5.41, 5.74) is -0.166. The van der Waals surface area contributed by atoms with Gasteiger partial charge in [0.2, 0.25) is 0 Å². The number of carbonyl (C=O) groups is 1. The van der Waals surface area contributed by atoms with Crippen molar-refractivity contribution < 1.29 is 23.9 Å². The first-order valence-corrected chi connectivity index (χ1v) is 6.86. The lowest BCUT2D eigenvalue weighted by Crippen LogP contribution is -2.06. The van der Waals surface area contributed by atoms with Gasteiger partial charge in [-0.15, -0.1) is 0 Å². The van der Waals surface area contributed by atoms with Gasteiger partial charge in [0.25, 0.3) is 5.06 Å². The smallest absolute Gasteiger partial charge is 0.323 e. The average Bonchev–Trinajstić information content (AvgIpc) is 2.82. The molecule has 7 nitrogen and oxygen atoms in total. The molecule has 0 N–H and O–H groups in total. The highest BCUT2D eigenvalue weighted by Crippen LogP contribution is 2.37. The quantitative estimate of drug-likeness (QED) is 0.285. The summed E-state index contributed by atoms with van der Waals surface area (Å²) in [7, 11) is 1.59. The van der Waals surface area contributed by atoms with Crippen LogP contribution in [0, 0.1) is 10.1 Å². The van der Waals surface area contributed by atoms with Crippen LogP contribution in [-0.2, 0) is 9.47 Å². The summed E-state index contributed by atoms with van der Waals surface area (Å²) in [6, 6.07) is 1.25. The van der Waals surface area contributed by atoms with Crippen LogP contribution < -0.4 is 4.74 Å². The largest absolute Gasteiger partial charge is 0.479 e. The molecule has 20 heavy (non-hydrogen) atoms. The van der Waals surface area contributed by atoms with Crippen LogP contribution in [0.25, 0.3) is 0 Å². The molecule has 0 aromatic carbocycles. The standard InChI is InChI=1S/C12H17NO6S/c1-9(14)11-8-10(13(15)16)12(20-11)19-5-3-4-18-7-6-17-2/h8H,3-7H2,1-2H3. The number of methoxy groups -OCH3 is 1. The van der Waals surface area contributed by atoms with Crippen LogP contribution in [-0.4, -0.2) is 44.2 Å². The fraction of sp³-hybridized carbons (Fsp3) is 0.583. The van der Waals surface area contributed by atoms with Crippen molar-refractivity contribution >= 4 is 22.8 Å². The molecule has 1 aromatic heterocycles. The average molecular weight is 303 g/mol. The molecule has 0 fully saturated rings. The van der Waals surface area contributed by atoms with E-state index < -0.39 is 4.92 Å². The molecule has 1 aromatic rings. The molecule has 0 aliphatic rings. The third kappa shape index (κ3) is 5.24. The lowest BCUT2D eigenvalue weighted by Gasteiger charge is -2.04. The molecule has 0 unspecified atom stereocenters. The number of thiophene rings is 1. The zero-order chi connectivity index (χ0) is 15.0. The summed E-state index contributed by atoms with van der Waals surface area (Å²) >= 11 is 0.994. The van der Waals surface area contributed by atoms with Gasteiger partial charge in [-0.05, 0) is 6.92 Å². The van der Waals surface area contributed by atoms with E-state index in [-0.39, 0.29) is 16.5 Å². The van der Waals surface area contributed by atoms with E-state index in [2.05, 4.69) is 0 Å². The second-order valence-electron chi connectivity index (χ2n) is 3.90. The van der Waals surface area contributed by atoms with Gasteiger partial charge in [-0.25, -0.2) is 0 Å². The topological polar surface area (TPSA) is 87.9 Å². The Bertz CT molecular complexity index is 459. The number of carbonyl (C=O) groups excluding carboxylic acids is 1. The summed E-state index contributed by atoms with van der Waals surface area (Å²) in [5.74, 6) is -0.212. The molecule has 112 valence electrons. The maximum Gasteiger partial charge on any atom is 0.323 e. The monoisotopic (exact) mass is 303 g/mol. The Morgan fingerprint density at radius 1 is 1.35 bits per heavy atom. The van der Waals surface area contributed by atoms with E-state index >= 15 is 0 Å². The van der Waals surface area contributed by atoms with Crippen LogP contribution in [0.5, 0.6) is 5.06 Å². The third-order valence-electron chi connectivity index (χ3n) is 2.32. The van der Waals surface area contributed by atoms with Crippen molar-refractivity contribution in [3.05, 3.63) is 21.1 Å². The van der Waals surface area contributed by atoms with Crippen LogP contribution in [0.3, 0.4) is 0 Å². The first-order chi connectivity index (χ1) is 9.56. The highest BCUT2D eigenvalue weighted by molar-refractivity contribution is 7.16. The SMILES string of the molecule is COCCOCCCOc1sc(C(C)=O)cc1[N+](=O)[O-]. The first-order valence-electron chi connectivity index (χ1n) is 6.05. The molecule has 0 aliphatic carbocycles. The molecule has 0 saturated heterocycles. The van der Waals surface area contributed by atoms with Crippen molar-refractivity contribution in [1.82, 2.24) is 0 Å². The van der Waals surface area contributed by atoms with Gasteiger partial charge in [0, 0.05) is 26.2 Å². The second-order valence-corrected chi connectivity index (χ2v) is 4.92. The van der Waals surface area contributed by atoms with Gasteiger partial charge < -0.3 is 14.2 Å². The molecule has 0 spiro atoms. The number of ether oxygens (including phenoxy) is 3. The number of rotatable bonds is 10. The van der Waals surface area contributed by atoms with Gasteiger partial charge in [0.05, 0.1) is 29.6 Å². The predicted octanol–water partition coefficient (Wildman–Crippen LogP) is 2.29. The highest BCUT2D eigenvalue weighted by Gasteiger charge is 2.22. The molecule has 1 heterocycles. The summed E-state index contributed by atoms with van der Waals surface area (Å²) < 4.78 is 15.4. The minimum atomic E-state index is -0.548. The van der Waals surface area contributed by atoms with E-state index in [4.69, 9.17) is 14.2 Å². The summed E-state index contributed by atoms with van der Waals surface area (Å²) in [6.45, 7) is 3.18. The zero-order valence-corrected chi connectivity index (χ0v) is 12.2. The molecule has 0 aliphatic heterocycles. The van der Waals surface area contributed by atoms with Crippen LogP contribution in [0.1, 0.15) is 23.0 Å². The van der Waals surface area contributed by atoms with E-state index in [1.54, 1.807) is 7.11 Å². The van der Waals surface area contributed by atoms with Crippen molar-refractivity contribution in [3.8, 4) is 5.06 Å². The van der Waals surface area contributed by atoms with E-state index in [1.807, 2.05) is 0 Å². The van der Waals surface area contributed by atoms with Crippen molar-refractivity contribution in [2.45, 2.75) is 13.3 Å². The van der Waals surface area contributed by atoms with E-state index in [0.29, 0.717) is 37.7 Å². The Kier molecular flexibility index (Phi) is 7.13. The lowest BCUT2D eigenvalue weighted by atomic mass is 10.3. The number of nitro groups is 1. The van der Waals surface area contributed by atoms with Gasteiger partial charge >= 0.3 is 5.69 Å². The van der Waals surface area contributed by atoms with Crippen molar-refractivity contribution in [2.24, 2.45) is 0 Å². The molecular weight excluding hydrogens is 286 g/mol. The summed E-state index contributed by atoms with van der Waals surface area (Å²) in [4.78, 5) is 21.8. The minimum absolute atomic E-state index is 0.164. The number of hydrogen-bond donors (Lipinski definition) is 0. The second kappa shape index (κ2) is 8.62. The number of hydrogen-bond acceptors (Lipinski definition) is 7. The molecule has 0 atom stereocenters. The van der Waals surface area contributed by atoms with Crippen molar-refractivity contribution in [1.29, 1.82) is 0 Å². The minimum Gasteiger partial charge on any atom is -0.479 e. The highest BCUT2D eigenvalue weighted by atomic mass is 32.1. The molecule has 8 heteroatoms. The normalized spacial score (nSPS) is 10.5.